The molecule has 8 nitrogen and oxygen atoms in total. The Bertz CT molecular complexity index is 1260. The van der Waals surface area contributed by atoms with Crippen molar-refractivity contribution in [2.24, 2.45) is 0 Å². The number of carbonyl (C=O) groups is 1. The second-order valence-corrected chi connectivity index (χ2v) is 9.56. The number of nitrogens with one attached hydrogen (secondary N) is 2. The van der Waals surface area contributed by atoms with Gasteiger partial charge in [0.25, 0.3) is 5.56 Å². The zero-order valence-electron chi connectivity index (χ0n) is 17.6. The van der Waals surface area contributed by atoms with E-state index in [0.29, 0.717) is 18.0 Å². The number of hydrogen-bond acceptors (Lipinski definition) is 7. The average molecular weight is 474 g/mol. The van der Waals surface area contributed by atoms with E-state index < -0.39 is 20.3 Å². The lowest BCUT2D eigenvalue weighted by atomic mass is 10.1. The number of aromatic nitrogens is 2. The minimum Gasteiger partial charge on any atom is -0.494 e. The van der Waals surface area contributed by atoms with Crippen LogP contribution in [-0.4, -0.2) is 36.7 Å². The summed E-state index contributed by atoms with van der Waals surface area (Å²) in [6.07, 6.45) is 1.87. The number of aromatic amines is 1. The van der Waals surface area contributed by atoms with Gasteiger partial charge in [0.1, 0.15) is 5.75 Å². The third-order valence-electron chi connectivity index (χ3n) is 4.44. The van der Waals surface area contributed by atoms with Crippen LogP contribution >= 0.6 is 11.8 Å². The van der Waals surface area contributed by atoms with Crippen LogP contribution in [0.5, 0.6) is 5.75 Å². The molecule has 0 spiro atoms. The summed E-state index contributed by atoms with van der Waals surface area (Å²) in [5, 5.41) is 2.94. The van der Waals surface area contributed by atoms with Gasteiger partial charge in [-0.05, 0) is 55.3 Å². The summed E-state index contributed by atoms with van der Waals surface area (Å²) in [5.41, 5.74) is 0.992. The molecule has 0 unspecified atom stereocenters. The first-order chi connectivity index (χ1) is 15.3. The molecule has 2 N–H and O–H groups in total. The van der Waals surface area contributed by atoms with Gasteiger partial charge in [-0.1, -0.05) is 30.8 Å². The van der Waals surface area contributed by atoms with Crippen LogP contribution < -0.4 is 15.6 Å². The number of anilines is 1. The molecule has 0 saturated heterocycles. The molecule has 0 saturated carbocycles. The van der Waals surface area contributed by atoms with Crippen molar-refractivity contribution in [1.29, 1.82) is 0 Å². The SMILES string of the molecule is CCOc1ccc(S(=O)(=O)c2cnc(SCC(=O)Nc3cccc(CC)c3)[nH]c2=O)cc1. The smallest absolute Gasteiger partial charge is 0.270 e. The van der Waals surface area contributed by atoms with E-state index in [0.717, 1.165) is 29.9 Å². The highest BCUT2D eigenvalue weighted by molar-refractivity contribution is 7.99. The summed E-state index contributed by atoms with van der Waals surface area (Å²) in [6, 6.07) is 13.3. The van der Waals surface area contributed by atoms with Crippen molar-refractivity contribution in [3.05, 3.63) is 70.6 Å². The van der Waals surface area contributed by atoms with Gasteiger partial charge < -0.3 is 15.0 Å². The minimum absolute atomic E-state index is 0.00425. The van der Waals surface area contributed by atoms with Gasteiger partial charge in [-0.3, -0.25) is 9.59 Å². The van der Waals surface area contributed by atoms with Crippen molar-refractivity contribution in [3.63, 3.8) is 0 Å². The van der Waals surface area contributed by atoms with E-state index >= 15 is 0 Å². The summed E-state index contributed by atoms with van der Waals surface area (Å²) in [6.45, 7) is 4.31. The lowest BCUT2D eigenvalue weighted by Gasteiger charge is -2.08. The molecule has 0 bridgehead atoms. The molecule has 1 aromatic heterocycles. The number of amides is 1. The summed E-state index contributed by atoms with van der Waals surface area (Å²) in [7, 11) is -4.05. The van der Waals surface area contributed by atoms with Gasteiger partial charge in [0.15, 0.2) is 10.1 Å². The van der Waals surface area contributed by atoms with Gasteiger partial charge in [-0.2, -0.15) is 0 Å². The Morgan fingerprint density at radius 2 is 1.91 bits per heavy atom. The molecule has 3 aromatic rings. The quantitative estimate of drug-likeness (QED) is 0.362. The Morgan fingerprint density at radius 3 is 2.56 bits per heavy atom. The van der Waals surface area contributed by atoms with Crippen molar-refractivity contribution in [2.45, 2.75) is 35.2 Å². The lowest BCUT2D eigenvalue weighted by molar-refractivity contribution is -0.113. The molecule has 1 amide bonds. The van der Waals surface area contributed by atoms with Gasteiger partial charge >= 0.3 is 0 Å². The Morgan fingerprint density at radius 1 is 1.16 bits per heavy atom. The number of sulfone groups is 1. The number of rotatable bonds is 9. The highest BCUT2D eigenvalue weighted by Crippen LogP contribution is 2.21. The Labute approximate surface area is 190 Å². The van der Waals surface area contributed by atoms with Gasteiger partial charge in [0.2, 0.25) is 15.7 Å². The summed E-state index contributed by atoms with van der Waals surface area (Å²) >= 11 is 1.00. The summed E-state index contributed by atoms with van der Waals surface area (Å²) < 4.78 is 30.9. The molecule has 1 heterocycles. The molecule has 10 heteroatoms. The number of nitrogens with zero attached hydrogens (tertiary/aromatic N) is 1. The van der Waals surface area contributed by atoms with Crippen LogP contribution in [0.1, 0.15) is 19.4 Å². The molecule has 3 rings (SSSR count). The van der Waals surface area contributed by atoms with Crippen LogP contribution in [0.15, 0.2) is 74.5 Å². The zero-order chi connectivity index (χ0) is 23.1. The maximum atomic E-state index is 12.8. The predicted molar refractivity (Wildman–Crippen MR) is 123 cm³/mol. The molecule has 32 heavy (non-hydrogen) atoms. The van der Waals surface area contributed by atoms with Crippen LogP contribution in [0.25, 0.3) is 0 Å². The number of benzene rings is 2. The minimum atomic E-state index is -4.05. The number of hydrogen-bond donors (Lipinski definition) is 2. The summed E-state index contributed by atoms with van der Waals surface area (Å²) in [5.74, 6) is 0.270. The van der Waals surface area contributed by atoms with Crippen molar-refractivity contribution < 1.29 is 17.9 Å². The first-order valence-corrected chi connectivity index (χ1v) is 12.4. The Hall–Kier alpha value is -3.11. The molecule has 0 fully saturated rings. The normalized spacial score (nSPS) is 11.2. The third kappa shape index (κ3) is 5.77. The highest BCUT2D eigenvalue weighted by atomic mass is 32.2. The van der Waals surface area contributed by atoms with E-state index in [2.05, 4.69) is 15.3 Å². The third-order valence-corrected chi connectivity index (χ3v) is 7.09. The van der Waals surface area contributed by atoms with Crippen LogP contribution in [-0.2, 0) is 21.1 Å². The van der Waals surface area contributed by atoms with Crippen LogP contribution in [0.4, 0.5) is 5.69 Å². The molecular formula is C22H23N3O5S2. The van der Waals surface area contributed by atoms with Crippen LogP contribution in [0, 0.1) is 0 Å². The molecular weight excluding hydrogens is 450 g/mol. The second-order valence-electron chi connectivity index (χ2n) is 6.68. The van der Waals surface area contributed by atoms with Crippen molar-refractivity contribution in [2.75, 3.05) is 17.7 Å². The first-order valence-electron chi connectivity index (χ1n) is 9.92. The number of aryl methyl sites for hydroxylation is 1. The average Bonchev–Trinajstić information content (AvgIpc) is 2.78. The largest absolute Gasteiger partial charge is 0.494 e. The topological polar surface area (TPSA) is 118 Å². The van der Waals surface area contributed by atoms with Gasteiger partial charge in [-0.15, -0.1) is 0 Å². The van der Waals surface area contributed by atoms with Crippen LogP contribution in [0.3, 0.4) is 0 Å². The number of thioether (sulfide) groups is 1. The number of carbonyl (C=O) groups excluding carboxylic acids is 1. The second kappa shape index (κ2) is 10.5. The molecule has 0 aliphatic heterocycles. The fourth-order valence-corrected chi connectivity index (χ4v) is 4.71. The molecule has 168 valence electrons. The van der Waals surface area contributed by atoms with E-state index in [-0.39, 0.29) is 21.7 Å². The van der Waals surface area contributed by atoms with Crippen molar-refractivity contribution in [3.8, 4) is 5.75 Å². The van der Waals surface area contributed by atoms with Crippen molar-refractivity contribution in [1.82, 2.24) is 9.97 Å². The Kier molecular flexibility index (Phi) is 7.70. The first kappa shape index (κ1) is 23.6. The predicted octanol–water partition coefficient (Wildman–Crippen LogP) is 3.29. The van der Waals surface area contributed by atoms with E-state index in [9.17, 15) is 18.0 Å². The molecule has 0 atom stereocenters. The van der Waals surface area contributed by atoms with E-state index in [1.54, 1.807) is 6.07 Å². The standard InChI is InChI=1S/C22H23N3O5S2/c1-3-15-6-5-7-16(12-15)24-20(26)14-31-22-23-13-19(21(27)25-22)32(28,29)18-10-8-17(9-11-18)30-4-2/h5-13H,3-4,14H2,1-2H3,(H,24,26)(H,23,25,27). The van der Waals surface area contributed by atoms with Gasteiger partial charge in [-0.25, -0.2) is 13.4 Å². The van der Waals surface area contributed by atoms with E-state index in [1.807, 2.05) is 32.0 Å². The zero-order valence-corrected chi connectivity index (χ0v) is 19.3. The highest BCUT2D eigenvalue weighted by Gasteiger charge is 2.22. The monoisotopic (exact) mass is 473 g/mol. The Balaban J connectivity index is 1.67. The molecule has 0 aliphatic carbocycles. The maximum Gasteiger partial charge on any atom is 0.270 e. The molecule has 2 aromatic carbocycles. The molecule has 0 radical (unpaired) electrons. The number of H-pyrrole nitrogens is 1. The van der Waals surface area contributed by atoms with E-state index in [4.69, 9.17) is 4.74 Å². The molecule has 0 aliphatic rings. The fraction of sp³-hybridized carbons (Fsp3) is 0.227. The maximum absolute atomic E-state index is 12.8. The fourth-order valence-electron chi connectivity index (χ4n) is 2.84. The van der Waals surface area contributed by atoms with Gasteiger partial charge in [0.05, 0.1) is 23.5 Å². The van der Waals surface area contributed by atoms with E-state index in [1.165, 1.54) is 24.3 Å². The lowest BCUT2D eigenvalue weighted by Crippen LogP contribution is -2.20. The summed E-state index contributed by atoms with van der Waals surface area (Å²) in [4.78, 5) is 30.6. The van der Waals surface area contributed by atoms with Gasteiger partial charge in [0, 0.05) is 5.69 Å². The van der Waals surface area contributed by atoms with Crippen LogP contribution in [0.2, 0.25) is 0 Å². The van der Waals surface area contributed by atoms with Crippen molar-refractivity contribution >= 4 is 33.2 Å². The number of ether oxygens (including phenoxy) is 1.